The molecule has 9 nitrogen and oxygen atoms in total. The average molecular weight is 453 g/mol. The fourth-order valence-electron chi connectivity index (χ4n) is 3.11. The van der Waals surface area contributed by atoms with E-state index >= 15 is 0 Å². The first-order valence-electron chi connectivity index (χ1n) is 10.2. The second kappa shape index (κ2) is 11.1. The van der Waals surface area contributed by atoms with Gasteiger partial charge in [0.25, 0.3) is 5.91 Å². The zero-order valence-corrected chi connectivity index (χ0v) is 19.4. The van der Waals surface area contributed by atoms with Crippen LogP contribution in [-0.2, 0) is 17.9 Å². The summed E-state index contributed by atoms with van der Waals surface area (Å²) in [5.74, 6) is 1.77. The van der Waals surface area contributed by atoms with Gasteiger partial charge in [-0.05, 0) is 35.4 Å². The first-order valence-corrected chi connectivity index (χ1v) is 10.2. The number of anilines is 1. The van der Waals surface area contributed by atoms with E-state index in [-0.39, 0.29) is 11.6 Å². The van der Waals surface area contributed by atoms with E-state index in [1.165, 1.54) is 27.3 Å². The topological polar surface area (TPSA) is 86.3 Å². The van der Waals surface area contributed by atoms with E-state index in [2.05, 4.69) is 9.97 Å². The molecule has 0 aliphatic carbocycles. The molecule has 0 spiro atoms. The normalized spacial score (nSPS) is 10.5. The molecule has 3 rings (SSSR count). The zero-order chi connectivity index (χ0) is 23.8. The van der Waals surface area contributed by atoms with Crippen LogP contribution in [0.25, 0.3) is 0 Å². The van der Waals surface area contributed by atoms with Crippen LogP contribution in [0.15, 0.2) is 54.6 Å². The Labute approximate surface area is 193 Å². The summed E-state index contributed by atoms with van der Waals surface area (Å²) in [7, 11) is 7.69. The van der Waals surface area contributed by atoms with E-state index in [1.807, 2.05) is 53.4 Å². The van der Waals surface area contributed by atoms with Crippen molar-refractivity contribution in [2.75, 3.05) is 40.4 Å². The highest BCUT2D eigenvalue weighted by atomic mass is 16.7. The van der Waals surface area contributed by atoms with Crippen molar-refractivity contribution in [1.82, 2.24) is 15.0 Å². The third-order valence-corrected chi connectivity index (χ3v) is 5.03. The highest BCUT2D eigenvalue weighted by Crippen LogP contribution is 2.23. The summed E-state index contributed by atoms with van der Waals surface area (Å²) >= 11 is 0. The van der Waals surface area contributed by atoms with Crippen molar-refractivity contribution in [2.24, 2.45) is 0 Å². The molecule has 33 heavy (non-hydrogen) atoms. The lowest BCUT2D eigenvalue weighted by atomic mass is 10.1. The van der Waals surface area contributed by atoms with Gasteiger partial charge in [0.05, 0.1) is 28.4 Å². The Hall–Kier alpha value is -3.85. The maximum absolute atomic E-state index is 12.7. The standard InChI is InChI=1S/C24H28N4O5/c1-27(33-5)23(29)21-14-22(32-4)26-24(25-21)28(15-17-6-10-19(30-2)11-7-17)16-18-8-12-20(31-3)13-9-18/h6-14H,15-16H2,1-5H3. The van der Waals surface area contributed by atoms with Gasteiger partial charge >= 0.3 is 0 Å². The molecule has 0 unspecified atom stereocenters. The van der Waals surface area contributed by atoms with Crippen LogP contribution < -0.4 is 19.1 Å². The number of hydrogen-bond donors (Lipinski definition) is 0. The van der Waals surface area contributed by atoms with Crippen molar-refractivity contribution in [3.63, 3.8) is 0 Å². The Bertz CT molecular complexity index is 1010. The van der Waals surface area contributed by atoms with Crippen LogP contribution in [-0.4, -0.2) is 56.4 Å². The fourth-order valence-corrected chi connectivity index (χ4v) is 3.11. The predicted octanol–water partition coefficient (Wildman–Crippen LogP) is 3.34. The molecule has 0 radical (unpaired) electrons. The lowest BCUT2D eigenvalue weighted by Gasteiger charge is -2.24. The van der Waals surface area contributed by atoms with Gasteiger partial charge < -0.3 is 19.1 Å². The van der Waals surface area contributed by atoms with Crippen LogP contribution >= 0.6 is 0 Å². The van der Waals surface area contributed by atoms with E-state index in [1.54, 1.807) is 14.2 Å². The lowest BCUT2D eigenvalue weighted by Crippen LogP contribution is -2.29. The number of hydroxylamine groups is 2. The van der Waals surface area contributed by atoms with Gasteiger partial charge in [-0.3, -0.25) is 9.63 Å². The number of nitrogens with zero attached hydrogens (tertiary/aromatic N) is 4. The number of amides is 1. The monoisotopic (exact) mass is 452 g/mol. The number of ether oxygens (including phenoxy) is 3. The van der Waals surface area contributed by atoms with Gasteiger partial charge in [-0.2, -0.15) is 4.98 Å². The SMILES string of the molecule is COc1ccc(CN(Cc2ccc(OC)cc2)c2nc(OC)cc(C(=O)N(C)OC)n2)cc1. The van der Waals surface area contributed by atoms with Gasteiger partial charge in [0.2, 0.25) is 11.8 Å². The minimum atomic E-state index is -0.409. The summed E-state index contributed by atoms with van der Waals surface area (Å²) < 4.78 is 15.9. The Kier molecular flexibility index (Phi) is 8.04. The zero-order valence-electron chi connectivity index (χ0n) is 19.4. The summed E-state index contributed by atoms with van der Waals surface area (Å²) in [4.78, 5) is 28.7. The largest absolute Gasteiger partial charge is 0.497 e. The van der Waals surface area contributed by atoms with Crippen molar-refractivity contribution >= 4 is 11.9 Å². The molecule has 0 atom stereocenters. The highest BCUT2D eigenvalue weighted by Gasteiger charge is 2.20. The van der Waals surface area contributed by atoms with Gasteiger partial charge in [0.15, 0.2) is 0 Å². The average Bonchev–Trinajstić information content (AvgIpc) is 2.87. The molecule has 0 saturated carbocycles. The lowest BCUT2D eigenvalue weighted by molar-refractivity contribution is -0.0760. The van der Waals surface area contributed by atoms with E-state index in [9.17, 15) is 4.79 Å². The van der Waals surface area contributed by atoms with Crippen LogP contribution in [0.2, 0.25) is 0 Å². The van der Waals surface area contributed by atoms with Crippen LogP contribution in [0.1, 0.15) is 21.6 Å². The second-order valence-corrected chi connectivity index (χ2v) is 7.13. The third kappa shape index (κ3) is 6.11. The summed E-state index contributed by atoms with van der Waals surface area (Å²) in [6.07, 6.45) is 0. The maximum Gasteiger partial charge on any atom is 0.296 e. The molecule has 0 N–H and O–H groups in total. The summed E-state index contributed by atoms with van der Waals surface area (Å²) in [6.45, 7) is 0.994. The molecule has 174 valence electrons. The quantitative estimate of drug-likeness (QED) is 0.433. The van der Waals surface area contributed by atoms with Crippen LogP contribution in [0.5, 0.6) is 17.4 Å². The molecule has 0 saturated heterocycles. The van der Waals surface area contributed by atoms with Crippen LogP contribution in [0.3, 0.4) is 0 Å². The molecular formula is C24H28N4O5. The molecule has 0 aliphatic heterocycles. The molecule has 3 aromatic rings. The Morgan fingerprint density at radius 1 is 0.788 bits per heavy atom. The first-order chi connectivity index (χ1) is 16.0. The van der Waals surface area contributed by atoms with Crippen molar-refractivity contribution in [2.45, 2.75) is 13.1 Å². The highest BCUT2D eigenvalue weighted by molar-refractivity contribution is 5.92. The Morgan fingerprint density at radius 2 is 1.30 bits per heavy atom. The second-order valence-electron chi connectivity index (χ2n) is 7.13. The molecule has 1 heterocycles. The van der Waals surface area contributed by atoms with Crippen LogP contribution in [0.4, 0.5) is 5.95 Å². The van der Waals surface area contributed by atoms with E-state index in [0.717, 1.165) is 27.7 Å². The summed E-state index contributed by atoms with van der Waals surface area (Å²) in [6, 6.07) is 17.0. The molecule has 0 aliphatic rings. The molecule has 0 bridgehead atoms. The predicted molar refractivity (Wildman–Crippen MR) is 124 cm³/mol. The van der Waals surface area contributed by atoms with Gasteiger partial charge in [-0.25, -0.2) is 10.0 Å². The maximum atomic E-state index is 12.7. The Balaban J connectivity index is 1.99. The summed E-state index contributed by atoms with van der Waals surface area (Å²) in [5, 5.41) is 1.10. The van der Waals surface area contributed by atoms with Gasteiger partial charge in [-0.1, -0.05) is 24.3 Å². The number of methoxy groups -OCH3 is 3. The third-order valence-electron chi connectivity index (χ3n) is 5.03. The summed E-state index contributed by atoms with van der Waals surface area (Å²) in [5.41, 5.74) is 2.21. The van der Waals surface area contributed by atoms with Crippen LogP contribution in [0, 0.1) is 0 Å². The number of carbonyl (C=O) groups is 1. The number of rotatable bonds is 10. The minimum Gasteiger partial charge on any atom is -0.497 e. The van der Waals surface area contributed by atoms with Crippen molar-refractivity contribution in [3.05, 3.63) is 71.4 Å². The first kappa shape index (κ1) is 23.8. The van der Waals surface area contributed by atoms with Gasteiger partial charge in [0.1, 0.15) is 17.2 Å². The smallest absolute Gasteiger partial charge is 0.296 e. The molecule has 2 aromatic carbocycles. The number of hydrogen-bond acceptors (Lipinski definition) is 8. The van der Waals surface area contributed by atoms with E-state index in [4.69, 9.17) is 19.0 Å². The number of carbonyl (C=O) groups excluding carboxylic acids is 1. The molecule has 9 heteroatoms. The minimum absolute atomic E-state index is 0.163. The molecule has 0 fully saturated rings. The molecule has 1 aromatic heterocycles. The van der Waals surface area contributed by atoms with E-state index < -0.39 is 5.91 Å². The fraction of sp³-hybridized carbons (Fsp3) is 0.292. The number of aromatic nitrogens is 2. The van der Waals surface area contributed by atoms with Crippen molar-refractivity contribution in [3.8, 4) is 17.4 Å². The Morgan fingerprint density at radius 3 is 1.73 bits per heavy atom. The van der Waals surface area contributed by atoms with Gasteiger partial charge in [-0.15, -0.1) is 0 Å². The van der Waals surface area contributed by atoms with Gasteiger partial charge in [0, 0.05) is 26.2 Å². The van der Waals surface area contributed by atoms with Crippen molar-refractivity contribution in [1.29, 1.82) is 0 Å². The van der Waals surface area contributed by atoms with Crippen molar-refractivity contribution < 1.29 is 23.8 Å². The van der Waals surface area contributed by atoms with E-state index in [0.29, 0.717) is 19.0 Å². The number of benzene rings is 2. The molecule has 1 amide bonds. The molecular weight excluding hydrogens is 424 g/mol.